The molecule has 1 aromatic carbocycles. The Hall–Kier alpha value is -2.98. The summed E-state index contributed by atoms with van der Waals surface area (Å²) in [6.07, 6.45) is 1.87. The summed E-state index contributed by atoms with van der Waals surface area (Å²) in [6, 6.07) is 6.54. The third-order valence-corrected chi connectivity index (χ3v) is 6.14. The Kier molecular flexibility index (Phi) is 6.37. The number of rotatable bonds is 7. The number of carbonyl (C=O) groups is 2. The molecule has 1 amide bonds. The van der Waals surface area contributed by atoms with Crippen LogP contribution in [0.3, 0.4) is 0 Å². The number of furan rings is 1. The first-order valence-electron chi connectivity index (χ1n) is 9.01. The molecule has 1 fully saturated rings. The predicted octanol–water partition coefficient (Wildman–Crippen LogP) is 4.54. The Labute approximate surface area is 181 Å². The van der Waals surface area contributed by atoms with Crippen LogP contribution in [-0.2, 0) is 9.59 Å². The molecule has 156 valence electrons. The lowest BCUT2D eigenvalue weighted by Crippen LogP contribution is -2.29. The van der Waals surface area contributed by atoms with E-state index in [1.54, 1.807) is 38.1 Å². The Bertz CT molecular complexity index is 1090. The number of thioether (sulfide) groups is 1. The van der Waals surface area contributed by atoms with Crippen LogP contribution in [0, 0.1) is 24.0 Å². The summed E-state index contributed by atoms with van der Waals surface area (Å²) < 4.78 is 6.23. The third-order valence-electron chi connectivity index (χ3n) is 4.77. The lowest BCUT2D eigenvalue weighted by Gasteiger charge is -2.13. The van der Waals surface area contributed by atoms with E-state index in [2.05, 4.69) is 0 Å². The first-order chi connectivity index (χ1) is 14.2. The molecule has 0 saturated carbocycles. The van der Waals surface area contributed by atoms with Gasteiger partial charge in [-0.2, -0.15) is 0 Å². The van der Waals surface area contributed by atoms with Gasteiger partial charge in [0.1, 0.15) is 15.8 Å². The van der Waals surface area contributed by atoms with E-state index in [1.807, 2.05) is 0 Å². The van der Waals surface area contributed by atoms with Crippen LogP contribution >= 0.6 is 24.0 Å². The molecular formula is C20H18N2O6S2. The van der Waals surface area contributed by atoms with Crippen molar-refractivity contribution in [3.05, 3.63) is 56.2 Å². The van der Waals surface area contributed by atoms with Gasteiger partial charge < -0.3 is 9.52 Å². The Balaban J connectivity index is 1.80. The first-order valence-corrected chi connectivity index (χ1v) is 10.2. The van der Waals surface area contributed by atoms with Crippen LogP contribution in [0.25, 0.3) is 17.4 Å². The molecule has 30 heavy (non-hydrogen) atoms. The molecule has 0 atom stereocenters. The van der Waals surface area contributed by atoms with E-state index in [0.29, 0.717) is 32.7 Å². The molecule has 1 aliphatic heterocycles. The van der Waals surface area contributed by atoms with Crippen molar-refractivity contribution in [1.29, 1.82) is 0 Å². The summed E-state index contributed by atoms with van der Waals surface area (Å²) >= 11 is 6.37. The molecule has 1 aliphatic rings. The van der Waals surface area contributed by atoms with Gasteiger partial charge in [0.05, 0.1) is 9.83 Å². The van der Waals surface area contributed by atoms with Gasteiger partial charge in [0.15, 0.2) is 0 Å². The fourth-order valence-corrected chi connectivity index (χ4v) is 4.35. The quantitative estimate of drug-likeness (QED) is 0.285. The number of hydrogen-bond donors (Lipinski definition) is 1. The average molecular weight is 447 g/mol. The van der Waals surface area contributed by atoms with Crippen LogP contribution in [0.4, 0.5) is 5.69 Å². The van der Waals surface area contributed by atoms with Gasteiger partial charge in [0, 0.05) is 36.2 Å². The molecule has 8 nitrogen and oxygen atoms in total. The molecule has 2 aromatic rings. The number of carboxylic acids is 1. The van der Waals surface area contributed by atoms with Crippen molar-refractivity contribution < 1.29 is 24.0 Å². The Morgan fingerprint density at radius 3 is 2.70 bits per heavy atom. The van der Waals surface area contributed by atoms with E-state index >= 15 is 0 Å². The summed E-state index contributed by atoms with van der Waals surface area (Å²) in [5, 5.41) is 19.8. The molecule has 0 aliphatic carbocycles. The van der Waals surface area contributed by atoms with Gasteiger partial charge in [-0.1, -0.05) is 24.0 Å². The zero-order valence-electron chi connectivity index (χ0n) is 16.2. The smallest absolute Gasteiger partial charge is 0.303 e. The molecule has 1 saturated heterocycles. The van der Waals surface area contributed by atoms with Crippen LogP contribution in [-0.4, -0.2) is 37.7 Å². The lowest BCUT2D eigenvalue weighted by atomic mass is 10.00. The molecule has 0 unspecified atom stereocenters. The highest BCUT2D eigenvalue weighted by Gasteiger charge is 2.32. The molecule has 0 radical (unpaired) electrons. The minimum absolute atomic E-state index is 0.0361. The maximum atomic E-state index is 12.6. The number of nitro benzene ring substituents is 1. The molecule has 1 aromatic heterocycles. The SMILES string of the molecule is Cc1c(-c2ccc(/C=C3/SC(=S)N(CCCC(=O)O)C3=O)o2)ccc([N+](=O)[O-])c1C. The third kappa shape index (κ3) is 4.44. The highest BCUT2D eigenvalue weighted by molar-refractivity contribution is 8.26. The van der Waals surface area contributed by atoms with Gasteiger partial charge >= 0.3 is 5.97 Å². The van der Waals surface area contributed by atoms with E-state index in [0.717, 1.165) is 22.9 Å². The van der Waals surface area contributed by atoms with Crippen molar-refractivity contribution in [2.75, 3.05) is 6.54 Å². The Morgan fingerprint density at radius 2 is 2.03 bits per heavy atom. The van der Waals surface area contributed by atoms with Gasteiger partial charge in [-0.25, -0.2) is 0 Å². The number of nitrogens with zero attached hydrogens (tertiary/aromatic N) is 2. The van der Waals surface area contributed by atoms with Crippen molar-refractivity contribution in [2.45, 2.75) is 26.7 Å². The summed E-state index contributed by atoms with van der Waals surface area (Å²) in [6.45, 7) is 3.73. The van der Waals surface area contributed by atoms with E-state index < -0.39 is 10.9 Å². The molecule has 0 bridgehead atoms. The highest BCUT2D eigenvalue weighted by Crippen LogP contribution is 2.35. The normalized spacial score (nSPS) is 15.3. The molecule has 0 spiro atoms. The number of benzene rings is 1. The van der Waals surface area contributed by atoms with Gasteiger partial charge in [0.25, 0.3) is 11.6 Å². The number of hydrogen-bond acceptors (Lipinski definition) is 7. The monoisotopic (exact) mass is 446 g/mol. The van der Waals surface area contributed by atoms with Crippen LogP contribution in [0.5, 0.6) is 0 Å². The molecule has 2 heterocycles. The van der Waals surface area contributed by atoms with Crippen molar-refractivity contribution in [3.63, 3.8) is 0 Å². The van der Waals surface area contributed by atoms with E-state index in [-0.39, 0.29) is 24.6 Å². The molecular weight excluding hydrogens is 428 g/mol. The minimum atomic E-state index is -0.920. The number of thiocarbonyl (C=S) groups is 1. The number of nitro groups is 1. The summed E-state index contributed by atoms with van der Waals surface area (Å²) in [5.74, 6) is -0.216. The van der Waals surface area contributed by atoms with Crippen molar-refractivity contribution >= 4 is 51.9 Å². The molecule has 3 rings (SSSR count). The van der Waals surface area contributed by atoms with Crippen LogP contribution in [0.2, 0.25) is 0 Å². The number of carbonyl (C=O) groups excluding carboxylic acids is 1. The maximum Gasteiger partial charge on any atom is 0.303 e. The maximum absolute atomic E-state index is 12.6. The number of carboxylic acid groups (broad SMARTS) is 1. The van der Waals surface area contributed by atoms with E-state index in [4.69, 9.17) is 21.7 Å². The average Bonchev–Trinajstić information content (AvgIpc) is 3.23. The van der Waals surface area contributed by atoms with Crippen molar-refractivity contribution in [3.8, 4) is 11.3 Å². The van der Waals surface area contributed by atoms with Crippen LogP contribution < -0.4 is 0 Å². The second-order valence-electron chi connectivity index (χ2n) is 6.67. The minimum Gasteiger partial charge on any atom is -0.481 e. The zero-order chi connectivity index (χ0) is 22.0. The largest absolute Gasteiger partial charge is 0.481 e. The van der Waals surface area contributed by atoms with Gasteiger partial charge in [-0.3, -0.25) is 24.6 Å². The van der Waals surface area contributed by atoms with Gasteiger partial charge in [0.2, 0.25) is 0 Å². The summed E-state index contributed by atoms with van der Waals surface area (Å²) in [4.78, 5) is 35.7. The van der Waals surface area contributed by atoms with Crippen LogP contribution in [0.15, 0.2) is 33.6 Å². The topological polar surface area (TPSA) is 114 Å². The van der Waals surface area contributed by atoms with Crippen LogP contribution in [0.1, 0.15) is 29.7 Å². The second-order valence-corrected chi connectivity index (χ2v) is 8.35. The molecule has 10 heteroatoms. The van der Waals surface area contributed by atoms with Gasteiger partial charge in [-0.05, 0) is 44.0 Å². The number of amides is 1. The zero-order valence-corrected chi connectivity index (χ0v) is 17.8. The van der Waals surface area contributed by atoms with Crippen molar-refractivity contribution in [1.82, 2.24) is 4.90 Å². The number of aliphatic carboxylic acids is 1. The fraction of sp³-hybridized carbons (Fsp3) is 0.250. The highest BCUT2D eigenvalue weighted by atomic mass is 32.2. The van der Waals surface area contributed by atoms with E-state index in [1.165, 1.54) is 11.0 Å². The lowest BCUT2D eigenvalue weighted by molar-refractivity contribution is -0.385. The first kappa shape index (κ1) is 21.7. The summed E-state index contributed by atoms with van der Waals surface area (Å²) in [5.41, 5.74) is 2.10. The van der Waals surface area contributed by atoms with Crippen molar-refractivity contribution in [2.24, 2.45) is 0 Å². The predicted molar refractivity (Wildman–Crippen MR) is 117 cm³/mol. The molecule has 1 N–H and O–H groups in total. The Morgan fingerprint density at radius 1 is 1.30 bits per heavy atom. The van der Waals surface area contributed by atoms with Gasteiger partial charge in [-0.15, -0.1) is 0 Å². The second kappa shape index (κ2) is 8.80. The standard InChI is InChI=1S/C20H18N2O6S2/c1-11-12(2)15(22(26)27)7-6-14(11)16-8-5-13(28-16)10-17-19(25)21(20(29)30-17)9-3-4-18(23)24/h5-8,10H,3-4,9H2,1-2H3,(H,23,24)/b17-10+. The van der Waals surface area contributed by atoms with E-state index in [9.17, 15) is 19.7 Å². The summed E-state index contributed by atoms with van der Waals surface area (Å²) in [7, 11) is 0. The fourth-order valence-electron chi connectivity index (χ4n) is 3.06.